The van der Waals surface area contributed by atoms with Gasteiger partial charge in [0.1, 0.15) is 5.56 Å². The van der Waals surface area contributed by atoms with Gasteiger partial charge in [-0.1, -0.05) is 29.8 Å². The molecule has 0 N–H and O–H groups in total. The first-order valence-corrected chi connectivity index (χ1v) is 5.99. The number of benzene rings is 2. The van der Waals surface area contributed by atoms with Crippen LogP contribution in [0.5, 0.6) is 0 Å². The Bertz CT molecular complexity index is 750. The minimum Gasteiger partial charge on any atom is -0.258 e. The number of nitro benzene ring substituents is 3. The fourth-order valence-electron chi connectivity index (χ4n) is 2.01. The molecule has 0 spiro atoms. The van der Waals surface area contributed by atoms with Crippen LogP contribution in [0, 0.1) is 37.3 Å². The SMILES string of the molecule is Cc1ccc(-c2c([N+](=O)[O-])cc([N+](=O)[O-])cc2[N+](=O)[O-])cc1. The molecular formula is C13H9N3O6. The summed E-state index contributed by atoms with van der Waals surface area (Å²) in [5.41, 5.74) is -1.18. The van der Waals surface area contributed by atoms with Crippen LogP contribution in [0.2, 0.25) is 0 Å². The van der Waals surface area contributed by atoms with E-state index in [0.29, 0.717) is 0 Å². The molecule has 0 saturated carbocycles. The molecule has 0 aliphatic heterocycles. The van der Waals surface area contributed by atoms with E-state index >= 15 is 0 Å². The third-order valence-corrected chi connectivity index (χ3v) is 3.03. The number of non-ortho nitro benzene ring substituents is 1. The Morgan fingerprint density at radius 1 is 0.773 bits per heavy atom. The zero-order valence-electron chi connectivity index (χ0n) is 11.3. The van der Waals surface area contributed by atoms with E-state index in [4.69, 9.17) is 0 Å². The topological polar surface area (TPSA) is 129 Å². The van der Waals surface area contributed by atoms with Crippen LogP contribution >= 0.6 is 0 Å². The molecule has 2 aromatic carbocycles. The molecule has 0 saturated heterocycles. The highest BCUT2D eigenvalue weighted by Gasteiger charge is 2.31. The molecule has 0 unspecified atom stereocenters. The summed E-state index contributed by atoms with van der Waals surface area (Å²) >= 11 is 0. The van der Waals surface area contributed by atoms with Crippen LogP contribution in [-0.4, -0.2) is 14.8 Å². The second kappa shape index (κ2) is 5.56. The number of rotatable bonds is 4. The Kier molecular flexibility index (Phi) is 3.80. The summed E-state index contributed by atoms with van der Waals surface area (Å²) in [7, 11) is 0. The molecule has 0 radical (unpaired) electrons. The Morgan fingerprint density at radius 2 is 1.23 bits per heavy atom. The first-order valence-electron chi connectivity index (χ1n) is 5.99. The Hall–Kier alpha value is -3.36. The van der Waals surface area contributed by atoms with Gasteiger partial charge < -0.3 is 0 Å². The number of nitrogens with zero attached hydrogens (tertiary/aromatic N) is 3. The molecule has 0 amide bonds. The normalized spacial score (nSPS) is 10.2. The molecule has 0 aliphatic rings. The maximum absolute atomic E-state index is 11.2. The van der Waals surface area contributed by atoms with E-state index in [0.717, 1.165) is 17.7 Å². The minimum absolute atomic E-state index is 0.249. The van der Waals surface area contributed by atoms with Gasteiger partial charge in [0.15, 0.2) is 0 Å². The second-order valence-corrected chi connectivity index (χ2v) is 4.50. The van der Waals surface area contributed by atoms with Crippen molar-refractivity contribution in [2.75, 3.05) is 0 Å². The molecular weight excluding hydrogens is 294 g/mol. The average molecular weight is 303 g/mol. The summed E-state index contributed by atoms with van der Waals surface area (Å²) in [6, 6.07) is 7.73. The standard InChI is InChI=1S/C13H9N3O6/c1-8-2-4-9(5-3-8)13-11(15(19)20)6-10(14(17)18)7-12(13)16(21)22/h2-7H,1H3. The number of aryl methyl sites for hydroxylation is 1. The van der Waals surface area contributed by atoms with E-state index in [1.165, 1.54) is 12.1 Å². The third-order valence-electron chi connectivity index (χ3n) is 3.03. The first-order chi connectivity index (χ1) is 10.3. The van der Waals surface area contributed by atoms with Gasteiger partial charge in [-0.2, -0.15) is 0 Å². The van der Waals surface area contributed by atoms with Crippen molar-refractivity contribution in [2.24, 2.45) is 0 Å². The van der Waals surface area contributed by atoms with Crippen LogP contribution in [0.25, 0.3) is 11.1 Å². The van der Waals surface area contributed by atoms with Crippen molar-refractivity contribution in [1.29, 1.82) is 0 Å². The van der Waals surface area contributed by atoms with Crippen molar-refractivity contribution >= 4 is 17.1 Å². The Morgan fingerprint density at radius 3 is 1.59 bits per heavy atom. The van der Waals surface area contributed by atoms with E-state index in [2.05, 4.69) is 0 Å². The lowest BCUT2D eigenvalue weighted by molar-refractivity contribution is -0.402. The van der Waals surface area contributed by atoms with Crippen LogP contribution in [0.15, 0.2) is 36.4 Å². The van der Waals surface area contributed by atoms with Crippen LogP contribution < -0.4 is 0 Å². The van der Waals surface area contributed by atoms with Gasteiger partial charge in [0.2, 0.25) is 0 Å². The van der Waals surface area contributed by atoms with Crippen LogP contribution in [0.1, 0.15) is 5.56 Å². The van der Waals surface area contributed by atoms with Gasteiger partial charge in [0.05, 0.1) is 26.9 Å². The van der Waals surface area contributed by atoms with Crippen LogP contribution in [-0.2, 0) is 0 Å². The highest BCUT2D eigenvalue weighted by Crippen LogP contribution is 2.41. The van der Waals surface area contributed by atoms with Crippen LogP contribution in [0.4, 0.5) is 17.1 Å². The Labute approximate surface area is 123 Å². The molecule has 2 rings (SSSR count). The number of hydrogen-bond acceptors (Lipinski definition) is 6. The molecule has 0 atom stereocenters. The van der Waals surface area contributed by atoms with E-state index in [1.54, 1.807) is 19.1 Å². The molecule has 0 aromatic heterocycles. The van der Waals surface area contributed by atoms with Gasteiger partial charge in [0, 0.05) is 0 Å². The van der Waals surface area contributed by atoms with Gasteiger partial charge in [-0.05, 0) is 12.5 Å². The van der Waals surface area contributed by atoms with Crippen molar-refractivity contribution in [3.05, 3.63) is 72.3 Å². The lowest BCUT2D eigenvalue weighted by Crippen LogP contribution is -2.00. The average Bonchev–Trinajstić information content (AvgIpc) is 2.46. The number of nitro groups is 3. The van der Waals surface area contributed by atoms with Crippen molar-refractivity contribution in [3.8, 4) is 11.1 Å². The summed E-state index contributed by atoms with van der Waals surface area (Å²) in [4.78, 5) is 30.5. The molecule has 9 heteroatoms. The van der Waals surface area contributed by atoms with Crippen molar-refractivity contribution < 1.29 is 14.8 Å². The van der Waals surface area contributed by atoms with Crippen LogP contribution in [0.3, 0.4) is 0 Å². The lowest BCUT2D eigenvalue weighted by Gasteiger charge is -2.05. The zero-order valence-corrected chi connectivity index (χ0v) is 11.3. The second-order valence-electron chi connectivity index (χ2n) is 4.50. The minimum atomic E-state index is -0.904. The van der Waals surface area contributed by atoms with E-state index < -0.39 is 31.8 Å². The Balaban J connectivity index is 2.85. The van der Waals surface area contributed by atoms with Gasteiger partial charge in [-0.15, -0.1) is 0 Å². The van der Waals surface area contributed by atoms with E-state index in [-0.39, 0.29) is 11.1 Å². The maximum Gasteiger partial charge on any atom is 0.291 e. The first kappa shape index (κ1) is 15.0. The highest BCUT2D eigenvalue weighted by molar-refractivity contribution is 5.84. The lowest BCUT2D eigenvalue weighted by atomic mass is 10.00. The van der Waals surface area contributed by atoms with E-state index in [9.17, 15) is 30.3 Å². The summed E-state index contributed by atoms with van der Waals surface area (Å²) in [6.45, 7) is 1.79. The van der Waals surface area contributed by atoms with E-state index in [1.807, 2.05) is 0 Å². The quantitative estimate of drug-likeness (QED) is 0.628. The molecule has 22 heavy (non-hydrogen) atoms. The zero-order chi connectivity index (χ0) is 16.4. The van der Waals surface area contributed by atoms with Crippen molar-refractivity contribution in [1.82, 2.24) is 0 Å². The summed E-state index contributed by atoms with van der Waals surface area (Å²) < 4.78 is 0. The van der Waals surface area contributed by atoms with Gasteiger partial charge in [0.25, 0.3) is 17.1 Å². The molecule has 2 aromatic rings. The summed E-state index contributed by atoms with van der Waals surface area (Å²) in [6.07, 6.45) is 0. The van der Waals surface area contributed by atoms with Crippen molar-refractivity contribution in [2.45, 2.75) is 6.92 Å². The van der Waals surface area contributed by atoms with Crippen molar-refractivity contribution in [3.63, 3.8) is 0 Å². The molecule has 0 heterocycles. The third kappa shape index (κ3) is 2.73. The fourth-order valence-corrected chi connectivity index (χ4v) is 2.01. The van der Waals surface area contributed by atoms with Gasteiger partial charge in [-0.25, -0.2) is 0 Å². The largest absolute Gasteiger partial charge is 0.291 e. The van der Waals surface area contributed by atoms with Gasteiger partial charge in [-0.3, -0.25) is 30.3 Å². The molecule has 0 aliphatic carbocycles. The predicted octanol–water partition coefficient (Wildman–Crippen LogP) is 3.39. The van der Waals surface area contributed by atoms with Gasteiger partial charge >= 0.3 is 0 Å². The molecule has 112 valence electrons. The smallest absolute Gasteiger partial charge is 0.258 e. The highest BCUT2D eigenvalue weighted by atomic mass is 16.6. The molecule has 9 nitrogen and oxygen atoms in total. The monoisotopic (exact) mass is 303 g/mol. The molecule has 0 bridgehead atoms. The number of hydrogen-bond donors (Lipinski definition) is 0. The molecule has 0 fully saturated rings. The maximum atomic E-state index is 11.2. The summed E-state index contributed by atoms with van der Waals surface area (Å²) in [5.74, 6) is 0. The fraction of sp³-hybridized carbons (Fsp3) is 0.0769. The predicted molar refractivity (Wildman–Crippen MR) is 76.6 cm³/mol. The summed E-state index contributed by atoms with van der Waals surface area (Å²) in [5, 5.41) is 33.1.